The number of carbonyl (C=O) groups is 2. The van der Waals surface area contributed by atoms with Gasteiger partial charge in [-0.3, -0.25) is 24.6 Å². The predicted molar refractivity (Wildman–Crippen MR) is 160 cm³/mol. The summed E-state index contributed by atoms with van der Waals surface area (Å²) in [6.07, 6.45) is -0.607. The molecule has 2 bridgehead atoms. The highest BCUT2D eigenvalue weighted by Gasteiger charge is 2.53. The number of amides is 1. The first-order valence-electron chi connectivity index (χ1n) is 16.0. The Morgan fingerprint density at radius 1 is 1.13 bits per heavy atom. The van der Waals surface area contributed by atoms with Crippen molar-refractivity contribution >= 4 is 17.6 Å². The molecule has 0 aromatic heterocycles. The van der Waals surface area contributed by atoms with E-state index in [0.29, 0.717) is 24.8 Å². The van der Waals surface area contributed by atoms with Crippen molar-refractivity contribution in [3.8, 4) is 0 Å². The molecule has 2 heterocycles. The molecule has 0 radical (unpaired) electrons. The van der Waals surface area contributed by atoms with Crippen LogP contribution in [0.3, 0.4) is 0 Å². The van der Waals surface area contributed by atoms with Crippen LogP contribution in [-0.2, 0) is 40.1 Å². The topological polar surface area (TPSA) is 93.0 Å². The summed E-state index contributed by atoms with van der Waals surface area (Å²) in [7, 11) is 0. The number of ether oxygens (including phenoxy) is 1. The maximum atomic E-state index is 14.3. The quantitative estimate of drug-likeness (QED) is 0.201. The first-order chi connectivity index (χ1) is 21.4. The van der Waals surface area contributed by atoms with Gasteiger partial charge in [0.25, 0.3) is 5.69 Å². The number of fused-ring (bicyclic) bond motifs is 3. The molecule has 0 N–H and O–H groups in total. The Hall–Kier alpha value is -3.47. The first-order valence-corrected chi connectivity index (χ1v) is 16.0. The summed E-state index contributed by atoms with van der Waals surface area (Å²) >= 11 is 0. The third kappa shape index (κ3) is 6.07. The van der Waals surface area contributed by atoms with Gasteiger partial charge in [0, 0.05) is 43.9 Å². The van der Waals surface area contributed by atoms with Crippen molar-refractivity contribution < 1.29 is 32.4 Å². The minimum atomic E-state index is -4.73. The minimum Gasteiger partial charge on any atom is -0.461 e. The van der Waals surface area contributed by atoms with Gasteiger partial charge in [0.2, 0.25) is 5.91 Å². The molecule has 4 aliphatic rings. The highest BCUT2D eigenvalue weighted by molar-refractivity contribution is 5.84. The number of nitro benzene ring substituents is 1. The summed E-state index contributed by atoms with van der Waals surface area (Å²) in [6.45, 7) is 6.16. The van der Waals surface area contributed by atoms with E-state index in [2.05, 4.69) is 4.90 Å². The van der Waals surface area contributed by atoms with Crippen molar-refractivity contribution in [1.82, 2.24) is 9.80 Å². The van der Waals surface area contributed by atoms with Gasteiger partial charge in [0.05, 0.1) is 21.8 Å². The molecule has 11 heteroatoms. The number of halogens is 3. The fourth-order valence-electron chi connectivity index (χ4n) is 8.54. The van der Waals surface area contributed by atoms with Crippen LogP contribution in [0.25, 0.3) is 0 Å². The average Bonchev–Trinajstić information content (AvgIpc) is 3.60. The van der Waals surface area contributed by atoms with Gasteiger partial charge in [-0.25, -0.2) is 0 Å². The summed E-state index contributed by atoms with van der Waals surface area (Å²) in [5.41, 5.74) is -0.828. The first kappa shape index (κ1) is 31.5. The second-order valence-electron chi connectivity index (χ2n) is 13.8. The van der Waals surface area contributed by atoms with E-state index >= 15 is 0 Å². The molecular formula is C34H40F3N3O5. The molecule has 6 rings (SSSR count). The molecule has 1 amide bonds. The summed E-state index contributed by atoms with van der Waals surface area (Å²) in [5.74, 6) is 0.294. The van der Waals surface area contributed by atoms with Gasteiger partial charge in [0.1, 0.15) is 6.61 Å². The van der Waals surface area contributed by atoms with Crippen LogP contribution in [-0.4, -0.2) is 52.3 Å². The summed E-state index contributed by atoms with van der Waals surface area (Å²) < 4.78 is 46.5. The Bertz CT molecular complexity index is 1460. The minimum absolute atomic E-state index is 0.00877. The zero-order valence-electron chi connectivity index (χ0n) is 25.7. The van der Waals surface area contributed by atoms with Crippen LogP contribution < -0.4 is 0 Å². The number of nitrogens with zero attached hydrogens (tertiary/aromatic N) is 3. The fraction of sp³-hybridized carbons (Fsp3) is 0.588. The van der Waals surface area contributed by atoms with Gasteiger partial charge in [-0.2, -0.15) is 13.2 Å². The molecule has 45 heavy (non-hydrogen) atoms. The molecule has 0 spiro atoms. The Morgan fingerprint density at radius 3 is 2.58 bits per heavy atom. The molecular weight excluding hydrogens is 587 g/mol. The molecule has 5 atom stereocenters. The van der Waals surface area contributed by atoms with Crippen molar-refractivity contribution in [2.45, 2.75) is 77.7 Å². The number of alkyl halides is 3. The van der Waals surface area contributed by atoms with E-state index in [1.54, 1.807) is 4.90 Å². The molecule has 2 aliphatic carbocycles. The van der Waals surface area contributed by atoms with Gasteiger partial charge in [-0.15, -0.1) is 0 Å². The number of benzene rings is 2. The second kappa shape index (κ2) is 12.0. The van der Waals surface area contributed by atoms with E-state index < -0.39 is 27.8 Å². The molecule has 8 nitrogen and oxygen atoms in total. The number of esters is 1. The lowest BCUT2D eigenvalue weighted by Crippen LogP contribution is -2.49. The van der Waals surface area contributed by atoms with Crippen molar-refractivity contribution in [1.29, 1.82) is 0 Å². The van der Waals surface area contributed by atoms with E-state index in [1.165, 1.54) is 0 Å². The zero-order chi connectivity index (χ0) is 32.1. The Morgan fingerprint density at radius 2 is 1.89 bits per heavy atom. The summed E-state index contributed by atoms with van der Waals surface area (Å²) in [6, 6.07) is 11.4. The standard InChI is InChI=1S/C34H40F3N3O5/c1-21(2)33(32(42)38-11-9-28-25(18-38)14-26(34(35,36)37)15-30(28)40(43)44)10-8-27(16-33)39-17-23-12-24(19-39)29(13-23)31(41)45-20-22-6-4-3-5-7-22/h3-7,14-15,21,23-24,27,29H,8-13,16-20H2,1-2H3/t23?,24?,27-,29?,33+/m1/s1. The van der Waals surface area contributed by atoms with Crippen LogP contribution in [0.2, 0.25) is 0 Å². The van der Waals surface area contributed by atoms with Crippen LogP contribution in [0, 0.1) is 39.2 Å². The maximum Gasteiger partial charge on any atom is 0.416 e. The molecule has 3 fully saturated rings. The smallest absolute Gasteiger partial charge is 0.416 e. The van der Waals surface area contributed by atoms with Crippen LogP contribution in [0.15, 0.2) is 42.5 Å². The van der Waals surface area contributed by atoms with E-state index in [0.717, 1.165) is 44.0 Å². The number of hydrogen-bond donors (Lipinski definition) is 0. The lowest BCUT2D eigenvalue weighted by atomic mass is 9.73. The third-order valence-corrected chi connectivity index (χ3v) is 11.0. The van der Waals surface area contributed by atoms with Gasteiger partial charge in [0.15, 0.2) is 0 Å². The predicted octanol–water partition coefficient (Wildman–Crippen LogP) is 6.39. The summed E-state index contributed by atoms with van der Waals surface area (Å²) in [5, 5.41) is 11.6. The van der Waals surface area contributed by atoms with Gasteiger partial charge in [-0.05, 0) is 73.5 Å². The van der Waals surface area contributed by atoms with Crippen LogP contribution >= 0.6 is 0 Å². The number of likely N-dealkylation sites (tertiary alicyclic amines) is 1. The number of hydrogen-bond acceptors (Lipinski definition) is 6. The molecule has 242 valence electrons. The average molecular weight is 628 g/mol. The van der Waals surface area contributed by atoms with E-state index in [1.807, 2.05) is 44.2 Å². The second-order valence-corrected chi connectivity index (χ2v) is 13.8. The highest BCUT2D eigenvalue weighted by Crippen LogP contribution is 2.51. The summed E-state index contributed by atoms with van der Waals surface area (Å²) in [4.78, 5) is 42.3. The monoisotopic (exact) mass is 627 g/mol. The lowest BCUT2D eigenvalue weighted by molar-refractivity contribution is -0.385. The highest BCUT2D eigenvalue weighted by atomic mass is 19.4. The van der Waals surface area contributed by atoms with Gasteiger partial charge in [-0.1, -0.05) is 44.2 Å². The van der Waals surface area contributed by atoms with Crippen LogP contribution in [0.5, 0.6) is 0 Å². The van der Waals surface area contributed by atoms with Crippen molar-refractivity contribution in [3.05, 3.63) is 74.8 Å². The molecule has 2 aromatic rings. The van der Waals surface area contributed by atoms with E-state index in [4.69, 9.17) is 4.74 Å². The van der Waals surface area contributed by atoms with Crippen LogP contribution in [0.1, 0.15) is 68.2 Å². The van der Waals surface area contributed by atoms with Crippen molar-refractivity contribution in [2.24, 2.45) is 29.1 Å². The maximum absolute atomic E-state index is 14.3. The molecule has 3 unspecified atom stereocenters. The number of nitro groups is 1. The van der Waals surface area contributed by atoms with Crippen LogP contribution in [0.4, 0.5) is 18.9 Å². The van der Waals surface area contributed by atoms with Crippen molar-refractivity contribution in [3.63, 3.8) is 0 Å². The van der Waals surface area contributed by atoms with Crippen molar-refractivity contribution in [2.75, 3.05) is 19.6 Å². The SMILES string of the molecule is CC(C)[C@]1(C(=O)N2CCc3c(cc(C(F)(F)F)cc3[N+](=O)[O-])C2)CC[C@@H](N2CC3CC(C2)C(C(=O)OCc2ccccc2)C3)C1. The number of piperidine rings is 1. The zero-order valence-corrected chi connectivity index (χ0v) is 25.7. The molecule has 2 aliphatic heterocycles. The fourth-order valence-corrected chi connectivity index (χ4v) is 8.54. The third-order valence-electron chi connectivity index (χ3n) is 11.0. The molecule has 2 aromatic carbocycles. The Labute approximate surface area is 261 Å². The number of carbonyl (C=O) groups excluding carboxylic acids is 2. The molecule has 2 saturated carbocycles. The Kier molecular flexibility index (Phi) is 8.43. The lowest BCUT2D eigenvalue weighted by Gasteiger charge is -2.41. The van der Waals surface area contributed by atoms with E-state index in [9.17, 15) is 32.9 Å². The molecule has 1 saturated heterocycles. The van der Waals surface area contributed by atoms with Gasteiger partial charge >= 0.3 is 12.1 Å². The largest absolute Gasteiger partial charge is 0.461 e. The van der Waals surface area contributed by atoms with E-state index in [-0.39, 0.29) is 72.9 Å². The van der Waals surface area contributed by atoms with Gasteiger partial charge < -0.3 is 9.64 Å². The normalized spacial score (nSPS) is 28.3. The number of rotatable bonds is 7. The Balaban J connectivity index is 1.13.